The van der Waals surface area contributed by atoms with Gasteiger partial charge in [-0.1, -0.05) is 5.16 Å². The summed E-state index contributed by atoms with van der Waals surface area (Å²) in [5.74, 6) is 1.34. The minimum Gasteiger partial charge on any atom is -0.461 e. The van der Waals surface area contributed by atoms with Gasteiger partial charge in [0.15, 0.2) is 5.76 Å². The summed E-state index contributed by atoms with van der Waals surface area (Å²) in [5, 5.41) is 7.45. The van der Waals surface area contributed by atoms with E-state index in [1.807, 2.05) is 18.2 Å². The predicted molar refractivity (Wildman–Crippen MR) is 76.2 cm³/mol. The molecule has 110 valence electrons. The zero-order valence-corrected chi connectivity index (χ0v) is 12.5. The van der Waals surface area contributed by atoms with Gasteiger partial charge >= 0.3 is 0 Å². The Morgan fingerprint density at radius 1 is 1.40 bits per heavy atom. The van der Waals surface area contributed by atoms with Crippen molar-refractivity contribution in [3.05, 3.63) is 30.2 Å². The number of nitrogens with zero attached hydrogens (tertiary/aromatic N) is 1. The van der Waals surface area contributed by atoms with E-state index in [0.717, 1.165) is 12.1 Å². The van der Waals surface area contributed by atoms with Crippen molar-refractivity contribution in [1.82, 2.24) is 10.5 Å². The molecule has 0 unspecified atom stereocenters. The van der Waals surface area contributed by atoms with Gasteiger partial charge in [-0.05, 0) is 39.3 Å². The average molecular weight is 278 g/mol. The van der Waals surface area contributed by atoms with Crippen LogP contribution in [-0.4, -0.2) is 23.9 Å². The largest absolute Gasteiger partial charge is 0.461 e. The molecule has 0 aromatic carbocycles. The zero-order chi connectivity index (χ0) is 14.6. The number of furan rings is 1. The van der Waals surface area contributed by atoms with E-state index in [9.17, 15) is 0 Å². The topological polar surface area (TPSA) is 60.4 Å². The second kappa shape index (κ2) is 6.24. The molecule has 0 saturated carbocycles. The van der Waals surface area contributed by atoms with Crippen molar-refractivity contribution in [3.8, 4) is 11.5 Å². The zero-order valence-electron chi connectivity index (χ0n) is 12.5. The van der Waals surface area contributed by atoms with Crippen LogP contribution in [0.5, 0.6) is 0 Å². The predicted octanol–water partition coefficient (Wildman–Crippen LogP) is 3.23. The maximum Gasteiger partial charge on any atom is 0.202 e. The fourth-order valence-electron chi connectivity index (χ4n) is 2.10. The lowest BCUT2D eigenvalue weighted by Crippen LogP contribution is -2.35. The highest BCUT2D eigenvalue weighted by Gasteiger charge is 2.20. The van der Waals surface area contributed by atoms with Gasteiger partial charge in [0.05, 0.1) is 17.6 Å². The van der Waals surface area contributed by atoms with Crippen molar-refractivity contribution in [1.29, 1.82) is 0 Å². The van der Waals surface area contributed by atoms with Crippen LogP contribution in [-0.2, 0) is 11.3 Å². The molecular formula is C15H22N2O3. The van der Waals surface area contributed by atoms with Crippen molar-refractivity contribution in [2.24, 2.45) is 0 Å². The molecule has 2 rings (SSSR count). The molecule has 20 heavy (non-hydrogen) atoms. The Kier molecular flexibility index (Phi) is 4.62. The Hall–Kier alpha value is -1.59. The summed E-state index contributed by atoms with van der Waals surface area (Å²) in [6, 6.07) is 5.89. The van der Waals surface area contributed by atoms with E-state index in [2.05, 4.69) is 31.2 Å². The smallest absolute Gasteiger partial charge is 0.202 e. The standard InChI is InChI=1S/C15H22N2O3/c1-11(9-15(2,3)18-4)16-10-12-8-14(20-17-12)13-6-5-7-19-13/h5-8,11,16H,9-10H2,1-4H3/t11-/m1/s1. The molecule has 5 heteroatoms. The molecule has 0 amide bonds. The van der Waals surface area contributed by atoms with E-state index in [-0.39, 0.29) is 5.60 Å². The van der Waals surface area contributed by atoms with Gasteiger partial charge in [-0.15, -0.1) is 0 Å². The Bertz CT molecular complexity index is 517. The quantitative estimate of drug-likeness (QED) is 0.842. The van der Waals surface area contributed by atoms with Gasteiger partial charge in [-0.3, -0.25) is 0 Å². The van der Waals surface area contributed by atoms with Crippen molar-refractivity contribution in [2.45, 2.75) is 45.4 Å². The maximum absolute atomic E-state index is 5.43. The minimum absolute atomic E-state index is 0.129. The molecule has 1 atom stereocenters. The van der Waals surface area contributed by atoms with Gasteiger partial charge in [-0.2, -0.15) is 0 Å². The number of hydrogen-bond donors (Lipinski definition) is 1. The molecule has 0 radical (unpaired) electrons. The lowest BCUT2D eigenvalue weighted by Gasteiger charge is -2.26. The summed E-state index contributed by atoms with van der Waals surface area (Å²) < 4.78 is 16.0. The van der Waals surface area contributed by atoms with Gasteiger partial charge in [-0.25, -0.2) is 0 Å². The molecule has 1 N–H and O–H groups in total. The second-order valence-electron chi connectivity index (χ2n) is 5.61. The number of aromatic nitrogens is 1. The Balaban J connectivity index is 1.86. The fourth-order valence-corrected chi connectivity index (χ4v) is 2.10. The highest BCUT2D eigenvalue weighted by Crippen LogP contribution is 2.21. The van der Waals surface area contributed by atoms with Crippen LogP contribution < -0.4 is 5.32 Å². The fraction of sp³-hybridized carbons (Fsp3) is 0.533. The lowest BCUT2D eigenvalue weighted by atomic mass is 10.00. The number of rotatable bonds is 7. The first-order valence-electron chi connectivity index (χ1n) is 6.78. The maximum atomic E-state index is 5.43. The molecule has 0 aliphatic heterocycles. The van der Waals surface area contributed by atoms with E-state index in [4.69, 9.17) is 13.7 Å². The third-order valence-electron chi connectivity index (χ3n) is 3.30. The van der Waals surface area contributed by atoms with E-state index in [1.165, 1.54) is 0 Å². The first-order valence-corrected chi connectivity index (χ1v) is 6.78. The second-order valence-corrected chi connectivity index (χ2v) is 5.61. The van der Waals surface area contributed by atoms with Crippen LogP contribution in [0, 0.1) is 0 Å². The van der Waals surface area contributed by atoms with Crippen LogP contribution in [0.1, 0.15) is 32.9 Å². The molecule has 0 spiro atoms. The minimum atomic E-state index is -0.129. The van der Waals surface area contributed by atoms with Crippen LogP contribution in [0.4, 0.5) is 0 Å². The molecule has 5 nitrogen and oxygen atoms in total. The highest BCUT2D eigenvalue weighted by atomic mass is 16.5. The third-order valence-corrected chi connectivity index (χ3v) is 3.30. The average Bonchev–Trinajstić information content (AvgIpc) is 3.06. The van der Waals surface area contributed by atoms with E-state index in [1.54, 1.807) is 13.4 Å². The number of ether oxygens (including phenoxy) is 1. The molecule has 2 heterocycles. The third kappa shape index (κ3) is 3.95. The SMILES string of the molecule is COC(C)(C)C[C@@H](C)NCc1cc(-c2ccco2)on1. The summed E-state index contributed by atoms with van der Waals surface area (Å²) in [6.45, 7) is 6.95. The van der Waals surface area contributed by atoms with Crippen molar-refractivity contribution >= 4 is 0 Å². The monoisotopic (exact) mass is 278 g/mol. The van der Waals surface area contributed by atoms with Crippen molar-refractivity contribution < 1.29 is 13.7 Å². The van der Waals surface area contributed by atoms with E-state index < -0.39 is 0 Å². The molecule has 0 aliphatic carbocycles. The molecular weight excluding hydrogens is 256 g/mol. The Morgan fingerprint density at radius 3 is 2.85 bits per heavy atom. The van der Waals surface area contributed by atoms with Gasteiger partial charge < -0.3 is 19.0 Å². The van der Waals surface area contributed by atoms with Crippen molar-refractivity contribution in [2.75, 3.05) is 7.11 Å². The Labute approximate surface area is 119 Å². The summed E-state index contributed by atoms with van der Waals surface area (Å²) in [6.07, 6.45) is 2.54. The number of methoxy groups -OCH3 is 1. The number of hydrogen-bond acceptors (Lipinski definition) is 5. The first-order chi connectivity index (χ1) is 9.50. The van der Waals surface area contributed by atoms with Gasteiger partial charge in [0.1, 0.15) is 0 Å². The van der Waals surface area contributed by atoms with Gasteiger partial charge in [0.2, 0.25) is 5.76 Å². The van der Waals surface area contributed by atoms with Crippen LogP contribution in [0.15, 0.2) is 33.4 Å². The van der Waals surface area contributed by atoms with E-state index >= 15 is 0 Å². The molecule has 0 bridgehead atoms. The molecule has 0 aliphatic rings. The molecule has 2 aromatic rings. The van der Waals surface area contributed by atoms with Gasteiger partial charge in [0.25, 0.3) is 0 Å². The van der Waals surface area contributed by atoms with Crippen LogP contribution in [0.2, 0.25) is 0 Å². The summed E-state index contributed by atoms with van der Waals surface area (Å²) in [7, 11) is 1.74. The normalized spacial score (nSPS) is 13.6. The van der Waals surface area contributed by atoms with Crippen LogP contribution in [0.3, 0.4) is 0 Å². The van der Waals surface area contributed by atoms with Crippen LogP contribution in [0.25, 0.3) is 11.5 Å². The summed E-state index contributed by atoms with van der Waals surface area (Å²) >= 11 is 0. The van der Waals surface area contributed by atoms with Gasteiger partial charge in [0, 0.05) is 25.8 Å². The molecule has 0 saturated heterocycles. The molecule has 2 aromatic heterocycles. The first kappa shape index (κ1) is 14.8. The summed E-state index contributed by atoms with van der Waals surface area (Å²) in [4.78, 5) is 0. The Morgan fingerprint density at radius 2 is 2.20 bits per heavy atom. The summed E-state index contributed by atoms with van der Waals surface area (Å²) in [5.41, 5.74) is 0.730. The highest BCUT2D eigenvalue weighted by molar-refractivity contribution is 5.49. The number of nitrogens with one attached hydrogen (secondary N) is 1. The van der Waals surface area contributed by atoms with E-state index in [0.29, 0.717) is 24.1 Å². The lowest BCUT2D eigenvalue weighted by molar-refractivity contribution is 0.00841. The molecule has 0 fully saturated rings. The van der Waals surface area contributed by atoms with Crippen LogP contribution >= 0.6 is 0 Å². The van der Waals surface area contributed by atoms with Crippen molar-refractivity contribution in [3.63, 3.8) is 0 Å².